The molecule has 142 valence electrons. The van der Waals surface area contributed by atoms with Crippen LogP contribution in [0.1, 0.15) is 18.1 Å². The lowest BCUT2D eigenvalue weighted by Gasteiger charge is -2.25. The maximum atomic E-state index is 12.3. The zero-order valence-corrected chi connectivity index (χ0v) is 16.2. The second-order valence-electron chi connectivity index (χ2n) is 7.17. The predicted molar refractivity (Wildman–Crippen MR) is 114 cm³/mol. The number of para-hydroxylation sites is 1. The van der Waals surface area contributed by atoms with Gasteiger partial charge >= 0.3 is 0 Å². The van der Waals surface area contributed by atoms with E-state index < -0.39 is 0 Å². The number of fused-ring (bicyclic) bond motifs is 1. The molecule has 0 saturated carbocycles. The summed E-state index contributed by atoms with van der Waals surface area (Å²) in [6.45, 7) is 2.24. The Morgan fingerprint density at radius 3 is 2.46 bits per heavy atom. The summed E-state index contributed by atoms with van der Waals surface area (Å²) in [6, 6.07) is 24.6. The molecule has 1 N–H and O–H groups in total. The monoisotopic (exact) mass is 372 g/mol. The van der Waals surface area contributed by atoms with E-state index in [0.29, 0.717) is 12.5 Å². The highest BCUT2D eigenvalue weighted by atomic mass is 16.5. The van der Waals surface area contributed by atoms with Crippen LogP contribution in [0.25, 0.3) is 0 Å². The highest BCUT2D eigenvalue weighted by Gasteiger charge is 2.26. The van der Waals surface area contributed by atoms with Crippen LogP contribution in [0.15, 0.2) is 72.8 Å². The molecule has 1 unspecified atom stereocenters. The van der Waals surface area contributed by atoms with Gasteiger partial charge in [-0.05, 0) is 66.9 Å². The lowest BCUT2D eigenvalue weighted by molar-refractivity contribution is -0.115. The number of nitrogens with one attached hydrogen (secondary N) is 1. The molecule has 3 aromatic rings. The van der Waals surface area contributed by atoms with Crippen LogP contribution in [0.3, 0.4) is 0 Å². The number of ether oxygens (including phenoxy) is 1. The molecule has 1 aliphatic rings. The van der Waals surface area contributed by atoms with Crippen molar-refractivity contribution in [2.45, 2.75) is 25.8 Å². The number of hydrogen-bond donors (Lipinski definition) is 1. The number of carbonyl (C=O) groups is 1. The van der Waals surface area contributed by atoms with Crippen molar-refractivity contribution >= 4 is 23.0 Å². The lowest BCUT2D eigenvalue weighted by Crippen LogP contribution is -2.23. The third-order valence-corrected chi connectivity index (χ3v) is 5.16. The fraction of sp³-hybridized carbons (Fsp3) is 0.208. The van der Waals surface area contributed by atoms with Gasteiger partial charge in [0.1, 0.15) is 5.75 Å². The van der Waals surface area contributed by atoms with E-state index in [1.165, 1.54) is 11.3 Å². The maximum Gasteiger partial charge on any atom is 0.228 e. The molecular formula is C24H24N2O2. The summed E-state index contributed by atoms with van der Waals surface area (Å²) in [5.41, 5.74) is 5.56. The number of carbonyl (C=O) groups excluding carboxylic acids is 1. The Morgan fingerprint density at radius 2 is 1.75 bits per heavy atom. The van der Waals surface area contributed by atoms with Crippen molar-refractivity contribution < 1.29 is 9.53 Å². The molecule has 0 aromatic heterocycles. The second kappa shape index (κ2) is 7.77. The van der Waals surface area contributed by atoms with Crippen molar-refractivity contribution in [2.24, 2.45) is 0 Å². The normalized spacial score (nSPS) is 15.2. The topological polar surface area (TPSA) is 41.6 Å². The van der Waals surface area contributed by atoms with Crippen LogP contribution in [0.2, 0.25) is 0 Å². The number of methoxy groups -OCH3 is 1. The van der Waals surface area contributed by atoms with Crippen molar-refractivity contribution in [3.8, 4) is 5.75 Å². The van der Waals surface area contributed by atoms with E-state index in [1.807, 2.05) is 36.4 Å². The summed E-state index contributed by atoms with van der Waals surface area (Å²) in [4.78, 5) is 14.7. The van der Waals surface area contributed by atoms with Crippen LogP contribution in [0, 0.1) is 0 Å². The third-order valence-electron chi connectivity index (χ3n) is 5.16. The first-order valence-corrected chi connectivity index (χ1v) is 9.54. The average Bonchev–Trinajstić information content (AvgIpc) is 3.05. The summed E-state index contributed by atoms with van der Waals surface area (Å²) >= 11 is 0. The van der Waals surface area contributed by atoms with E-state index in [0.717, 1.165) is 29.1 Å². The predicted octanol–water partition coefficient (Wildman–Crippen LogP) is 4.96. The molecular weight excluding hydrogens is 348 g/mol. The van der Waals surface area contributed by atoms with Crippen LogP contribution in [0.5, 0.6) is 5.75 Å². The Morgan fingerprint density at radius 1 is 1.04 bits per heavy atom. The van der Waals surface area contributed by atoms with Crippen LogP contribution < -0.4 is 15.0 Å². The highest BCUT2D eigenvalue weighted by molar-refractivity contribution is 5.92. The number of anilines is 3. The fourth-order valence-electron chi connectivity index (χ4n) is 3.80. The Bertz CT molecular complexity index is 965. The van der Waals surface area contributed by atoms with Crippen LogP contribution in [-0.4, -0.2) is 19.1 Å². The summed E-state index contributed by atoms with van der Waals surface area (Å²) in [5.74, 6) is 0.760. The molecule has 1 heterocycles. The highest BCUT2D eigenvalue weighted by Crippen LogP contribution is 2.38. The standard InChI is InChI=1S/C24H24N2O2/c1-17-15-19-5-3-4-6-23(19)26(17)21-11-9-20(10-12-21)25-24(27)16-18-7-13-22(28-2)14-8-18/h3-14,17H,15-16H2,1-2H3,(H,25,27). The van der Waals surface area contributed by atoms with Gasteiger partial charge in [0.05, 0.1) is 13.5 Å². The van der Waals surface area contributed by atoms with Crippen molar-refractivity contribution in [3.05, 3.63) is 83.9 Å². The van der Waals surface area contributed by atoms with Crippen LogP contribution in [-0.2, 0) is 17.6 Å². The fourth-order valence-corrected chi connectivity index (χ4v) is 3.80. The number of amides is 1. The first kappa shape index (κ1) is 18.1. The molecule has 4 rings (SSSR count). The van der Waals surface area contributed by atoms with Gasteiger partial charge in [0, 0.05) is 23.1 Å². The number of nitrogens with zero attached hydrogens (tertiary/aromatic N) is 1. The molecule has 0 bridgehead atoms. The van der Waals surface area contributed by atoms with E-state index >= 15 is 0 Å². The first-order chi connectivity index (χ1) is 13.6. The molecule has 1 aliphatic heterocycles. The summed E-state index contributed by atoms with van der Waals surface area (Å²) in [5, 5.41) is 2.98. The Balaban J connectivity index is 1.42. The molecule has 1 amide bonds. The second-order valence-corrected chi connectivity index (χ2v) is 7.17. The third kappa shape index (κ3) is 3.72. The van der Waals surface area contributed by atoms with E-state index in [-0.39, 0.29) is 5.91 Å². The van der Waals surface area contributed by atoms with Crippen LogP contribution in [0.4, 0.5) is 17.1 Å². The van der Waals surface area contributed by atoms with Gasteiger partial charge in [-0.2, -0.15) is 0 Å². The minimum atomic E-state index is -0.0298. The van der Waals surface area contributed by atoms with Crippen LogP contribution >= 0.6 is 0 Å². The van der Waals surface area contributed by atoms with Gasteiger partial charge in [0.2, 0.25) is 5.91 Å². The molecule has 1 atom stereocenters. The largest absolute Gasteiger partial charge is 0.497 e. The van der Waals surface area contributed by atoms with Crippen molar-refractivity contribution in [2.75, 3.05) is 17.3 Å². The Labute approximate surface area is 165 Å². The van der Waals surface area contributed by atoms with Crippen molar-refractivity contribution in [1.82, 2.24) is 0 Å². The van der Waals surface area contributed by atoms with Gasteiger partial charge in [-0.25, -0.2) is 0 Å². The molecule has 0 spiro atoms. The zero-order valence-electron chi connectivity index (χ0n) is 16.2. The lowest BCUT2D eigenvalue weighted by atomic mass is 10.1. The number of benzene rings is 3. The summed E-state index contributed by atoms with van der Waals surface area (Å²) in [7, 11) is 1.63. The van der Waals surface area contributed by atoms with Gasteiger partial charge in [0.15, 0.2) is 0 Å². The summed E-state index contributed by atoms with van der Waals surface area (Å²) in [6.07, 6.45) is 1.39. The quantitative estimate of drug-likeness (QED) is 0.688. The van der Waals surface area contributed by atoms with E-state index in [1.54, 1.807) is 7.11 Å². The number of hydrogen-bond acceptors (Lipinski definition) is 3. The molecule has 0 aliphatic carbocycles. The minimum Gasteiger partial charge on any atom is -0.497 e. The van der Waals surface area contributed by atoms with Gasteiger partial charge in [-0.15, -0.1) is 0 Å². The van der Waals surface area contributed by atoms with Gasteiger partial charge in [-0.3, -0.25) is 4.79 Å². The maximum absolute atomic E-state index is 12.3. The average molecular weight is 372 g/mol. The Kier molecular flexibility index (Phi) is 5.02. The SMILES string of the molecule is COc1ccc(CC(=O)Nc2ccc(N3c4ccccc4CC3C)cc2)cc1. The van der Waals surface area contributed by atoms with Gasteiger partial charge in [-0.1, -0.05) is 30.3 Å². The molecule has 0 radical (unpaired) electrons. The molecule has 0 saturated heterocycles. The first-order valence-electron chi connectivity index (χ1n) is 9.54. The molecule has 4 heteroatoms. The summed E-state index contributed by atoms with van der Waals surface area (Å²) < 4.78 is 5.15. The Hall–Kier alpha value is -3.27. The van der Waals surface area contributed by atoms with Crippen molar-refractivity contribution in [3.63, 3.8) is 0 Å². The molecule has 28 heavy (non-hydrogen) atoms. The molecule has 0 fully saturated rings. The van der Waals surface area contributed by atoms with E-state index in [4.69, 9.17) is 4.74 Å². The van der Waals surface area contributed by atoms with Gasteiger partial charge < -0.3 is 15.0 Å². The number of rotatable bonds is 5. The van der Waals surface area contributed by atoms with Crippen molar-refractivity contribution in [1.29, 1.82) is 0 Å². The van der Waals surface area contributed by atoms with E-state index in [9.17, 15) is 4.79 Å². The molecule has 3 aromatic carbocycles. The van der Waals surface area contributed by atoms with E-state index in [2.05, 4.69) is 53.5 Å². The van der Waals surface area contributed by atoms with Gasteiger partial charge in [0.25, 0.3) is 0 Å². The zero-order chi connectivity index (χ0) is 19.5. The molecule has 4 nitrogen and oxygen atoms in total. The smallest absolute Gasteiger partial charge is 0.228 e. The minimum absolute atomic E-state index is 0.0298.